The van der Waals surface area contributed by atoms with Crippen LogP contribution in [0.4, 0.5) is 0 Å². The van der Waals surface area contributed by atoms with E-state index in [0.717, 1.165) is 26.1 Å². The number of carbonyl (C=O) groups excluding carboxylic acids is 3. The third-order valence-corrected chi connectivity index (χ3v) is 8.02. The molecule has 10 N–H and O–H groups in total. The molecule has 0 spiro atoms. The molecule has 0 bridgehead atoms. The molecule has 1 aromatic heterocycles. The second-order valence-corrected chi connectivity index (χ2v) is 11.9. The van der Waals surface area contributed by atoms with E-state index in [1.165, 1.54) is 0 Å². The Morgan fingerprint density at radius 3 is 2.18 bits per heavy atom. The predicted molar refractivity (Wildman–Crippen MR) is 140 cm³/mol. The van der Waals surface area contributed by atoms with Crippen molar-refractivity contribution in [1.82, 2.24) is 14.9 Å². The van der Waals surface area contributed by atoms with Gasteiger partial charge >= 0.3 is 27.3 Å². The van der Waals surface area contributed by atoms with Crippen LogP contribution in [0.5, 0.6) is 0 Å². The lowest BCUT2D eigenvalue weighted by Crippen LogP contribution is -2.54. The van der Waals surface area contributed by atoms with Crippen LogP contribution in [0, 0.1) is 0 Å². The van der Waals surface area contributed by atoms with Crippen LogP contribution in [0.3, 0.4) is 0 Å². The van der Waals surface area contributed by atoms with Crippen molar-refractivity contribution in [2.75, 3.05) is 13.2 Å². The highest BCUT2D eigenvalue weighted by Gasteiger charge is 2.48. The van der Waals surface area contributed by atoms with Crippen molar-refractivity contribution in [1.29, 1.82) is 0 Å². The van der Waals surface area contributed by atoms with Gasteiger partial charge in [0, 0.05) is 26.1 Å². The lowest BCUT2D eigenvalue weighted by atomic mass is 10.0. The molecule has 0 saturated carbocycles. The zero-order valence-electron chi connectivity index (χ0n) is 23.1. The van der Waals surface area contributed by atoms with Gasteiger partial charge in [-0.15, -0.1) is 0 Å². The molecule has 9 atom stereocenters. The second-order valence-electron chi connectivity index (χ2n) is 8.91. The minimum absolute atomic E-state index is 0.0616. The highest BCUT2D eigenvalue weighted by molar-refractivity contribution is 7.61. The molecular weight excluding hydrogens is 664 g/mol. The third kappa shape index (κ3) is 12.4. The van der Waals surface area contributed by atoms with E-state index in [4.69, 9.17) is 24.0 Å². The first-order valence-electron chi connectivity index (χ1n) is 12.1. The first kappa shape index (κ1) is 40.0. The number of hydrogen-bond donors (Lipinski definition) is 10. The fourth-order valence-corrected chi connectivity index (χ4v) is 5.67. The van der Waals surface area contributed by atoms with Crippen molar-refractivity contribution in [3.8, 4) is 0 Å². The molecule has 2 heterocycles. The van der Waals surface area contributed by atoms with Crippen LogP contribution >= 0.6 is 15.6 Å². The number of carboxylic acids is 1. The Balaban J connectivity index is 0.00000153. The number of aldehydes is 1. The van der Waals surface area contributed by atoms with Gasteiger partial charge in [0.05, 0.1) is 13.2 Å². The number of Topliss-reactive ketones (excluding diaryl/α,β-unsaturated/α-hetero) is 1. The monoisotopic (exact) mass is 695 g/mol. The zero-order valence-corrected chi connectivity index (χ0v) is 24.9. The lowest BCUT2D eigenvalue weighted by Gasteiger charge is -2.32. The molecule has 1 saturated heterocycles. The summed E-state index contributed by atoms with van der Waals surface area (Å²) in [4.78, 5) is 85.4. The average Bonchev–Trinajstić information content (AvgIpc) is 3.20. The van der Waals surface area contributed by atoms with E-state index in [1.54, 1.807) is 0 Å². The quantitative estimate of drug-likeness (QED) is 0.0466. The maximum absolute atomic E-state index is 13.2. The number of aliphatic carboxylic acids is 1. The molecule has 0 aliphatic carbocycles. The zero-order chi connectivity index (χ0) is 34.9. The van der Waals surface area contributed by atoms with Gasteiger partial charge in [0.1, 0.15) is 49.0 Å². The average molecular weight is 695 g/mol. The number of hydrogen-bond acceptors (Lipinski definition) is 17. The van der Waals surface area contributed by atoms with E-state index in [9.17, 15) is 68.1 Å². The SMILES string of the molecule is CC(=O)C(=O)O.CC(=O)N[C@@H](C=O)[C@@H](OP(=O)(OC[C@H]1O[C@@H](n2ccc(=O)[nH]c2=O)[C@H](O)[C@@H]1O)OP(=O)(O)O)[C@H](O)[C@H](O)CO. The number of amides is 1. The number of rotatable bonds is 15. The van der Waals surface area contributed by atoms with E-state index in [0.29, 0.717) is 4.57 Å². The molecule has 1 fully saturated rings. The molecule has 1 unspecified atom stereocenters. The van der Waals surface area contributed by atoms with E-state index in [-0.39, 0.29) is 6.29 Å². The van der Waals surface area contributed by atoms with E-state index in [2.05, 4.69) is 4.31 Å². The molecule has 1 aliphatic rings. The molecule has 45 heavy (non-hydrogen) atoms. The van der Waals surface area contributed by atoms with Crippen molar-refractivity contribution in [2.45, 2.75) is 62.7 Å². The topological polar surface area (TPSA) is 368 Å². The highest BCUT2D eigenvalue weighted by atomic mass is 31.3. The Hall–Kier alpha value is -3.02. The van der Waals surface area contributed by atoms with Gasteiger partial charge in [0.15, 0.2) is 6.23 Å². The number of ether oxygens (including phenoxy) is 1. The molecule has 25 heteroatoms. The number of carboxylic acid groups (broad SMARTS) is 1. The van der Waals surface area contributed by atoms with Crippen molar-refractivity contribution >= 4 is 39.6 Å². The largest absolute Gasteiger partial charge is 0.484 e. The number of carbonyl (C=O) groups is 4. The molecular formula is C20H31N3O20P2. The van der Waals surface area contributed by atoms with Crippen molar-refractivity contribution in [3.63, 3.8) is 0 Å². The van der Waals surface area contributed by atoms with Crippen LogP contribution in [0.1, 0.15) is 20.1 Å². The number of ketones is 1. The van der Waals surface area contributed by atoms with E-state index < -0.39 is 107 Å². The van der Waals surface area contributed by atoms with Gasteiger partial charge in [-0.05, 0) is 0 Å². The normalized spacial score (nSPS) is 23.8. The molecule has 0 radical (unpaired) electrons. The number of aliphatic hydroxyl groups excluding tert-OH is 5. The van der Waals surface area contributed by atoms with Gasteiger partial charge in [-0.2, -0.15) is 4.31 Å². The predicted octanol–water partition coefficient (Wildman–Crippen LogP) is -5.15. The summed E-state index contributed by atoms with van der Waals surface area (Å²) in [5.41, 5.74) is -1.83. The number of phosphoric acid groups is 2. The highest BCUT2D eigenvalue weighted by Crippen LogP contribution is 2.62. The summed E-state index contributed by atoms with van der Waals surface area (Å²) in [6, 6.07) is -1.04. The van der Waals surface area contributed by atoms with Crippen LogP contribution in [0.2, 0.25) is 0 Å². The lowest BCUT2D eigenvalue weighted by molar-refractivity contribution is -0.148. The Bertz CT molecular complexity index is 1400. The van der Waals surface area contributed by atoms with Gasteiger partial charge in [-0.25, -0.2) is 18.7 Å². The van der Waals surface area contributed by atoms with Crippen molar-refractivity contribution < 1.29 is 86.8 Å². The first-order valence-corrected chi connectivity index (χ1v) is 15.1. The third-order valence-electron chi connectivity index (χ3n) is 5.41. The van der Waals surface area contributed by atoms with Gasteiger partial charge in [0.2, 0.25) is 11.7 Å². The summed E-state index contributed by atoms with van der Waals surface area (Å²) < 4.78 is 44.5. The Labute approximate surface area is 250 Å². The van der Waals surface area contributed by atoms with Crippen molar-refractivity contribution in [2.24, 2.45) is 0 Å². The molecule has 0 aromatic carbocycles. The molecule has 256 valence electrons. The van der Waals surface area contributed by atoms with Crippen LogP contribution in [0.15, 0.2) is 21.9 Å². The minimum Gasteiger partial charge on any atom is -0.476 e. The maximum atomic E-state index is 13.2. The Kier molecular flexibility index (Phi) is 15.2. The number of aliphatic hydroxyl groups is 5. The molecule has 1 amide bonds. The summed E-state index contributed by atoms with van der Waals surface area (Å²) in [5.74, 6) is -3.11. The molecule has 23 nitrogen and oxygen atoms in total. The van der Waals surface area contributed by atoms with E-state index in [1.807, 2.05) is 10.3 Å². The Morgan fingerprint density at radius 2 is 1.73 bits per heavy atom. The second kappa shape index (κ2) is 17.1. The number of H-pyrrole nitrogens is 1. The number of aromatic amines is 1. The molecule has 2 rings (SSSR count). The fourth-order valence-electron chi connectivity index (χ4n) is 3.34. The van der Waals surface area contributed by atoms with Gasteiger partial charge < -0.3 is 55.3 Å². The summed E-state index contributed by atoms with van der Waals surface area (Å²) in [7, 11) is -11.4. The summed E-state index contributed by atoms with van der Waals surface area (Å²) in [6.45, 7) is -0.370. The van der Waals surface area contributed by atoms with Crippen molar-refractivity contribution in [3.05, 3.63) is 33.1 Å². The van der Waals surface area contributed by atoms with Crippen LogP contribution in [-0.2, 0) is 46.4 Å². The van der Waals surface area contributed by atoms with Crippen LogP contribution in [0.25, 0.3) is 0 Å². The van der Waals surface area contributed by atoms with Crippen LogP contribution < -0.4 is 16.6 Å². The number of aromatic nitrogens is 2. The summed E-state index contributed by atoms with van der Waals surface area (Å²) >= 11 is 0. The minimum atomic E-state index is -5.74. The molecule has 1 aromatic rings. The smallest absolute Gasteiger partial charge is 0.476 e. The number of phosphoric ester groups is 1. The summed E-state index contributed by atoms with van der Waals surface area (Å²) in [6.07, 6.45) is -12.9. The van der Waals surface area contributed by atoms with Gasteiger partial charge in [0.25, 0.3) is 5.56 Å². The van der Waals surface area contributed by atoms with Gasteiger partial charge in [-0.1, -0.05) is 0 Å². The van der Waals surface area contributed by atoms with Crippen LogP contribution in [-0.4, -0.2) is 130 Å². The summed E-state index contributed by atoms with van der Waals surface area (Å²) in [5, 5.41) is 59.4. The first-order chi connectivity index (χ1) is 20.7. The number of nitrogens with zero attached hydrogens (tertiary/aromatic N) is 1. The number of nitrogens with one attached hydrogen (secondary N) is 2. The fraction of sp³-hybridized carbons (Fsp3) is 0.600. The Morgan fingerprint density at radius 1 is 1.16 bits per heavy atom. The van der Waals surface area contributed by atoms with E-state index >= 15 is 0 Å². The standard InChI is InChI=1S/C17H27N3O17P2.C3H4O3/c1-7(23)18-8(4-21)15(12(26)9(24)5-22)36-39(33,37-38(30,31)32)34-6-10-13(27)14(28)16(35-10)20-3-2-11(25)19-17(20)29;1-2(4)3(5)6/h2-4,8-10,12-16,22,24,26-28H,5-6H2,1H3,(H,18,23)(H,19,25,29)(H2,30,31,32);1H3,(H,5,6)/t8-,9+,10+,12+,13+,14+,15+,16+,39?;/m0./s1. The maximum Gasteiger partial charge on any atom is 0.484 e. The molecule has 1 aliphatic heterocycles. The van der Waals surface area contributed by atoms with Gasteiger partial charge in [-0.3, -0.25) is 33.0 Å².